The van der Waals surface area contributed by atoms with E-state index in [4.69, 9.17) is 10.4 Å². The van der Waals surface area contributed by atoms with E-state index in [1.807, 2.05) is 0 Å². The fraction of sp³-hybridized carbons (Fsp3) is 0.250. The van der Waals surface area contributed by atoms with Crippen molar-refractivity contribution in [1.82, 2.24) is 11.1 Å². The second-order valence-electron chi connectivity index (χ2n) is 2.54. The van der Waals surface area contributed by atoms with Crippen molar-refractivity contribution in [3.8, 4) is 11.9 Å². The predicted molar refractivity (Wildman–Crippen MR) is 48.9 cm³/mol. The van der Waals surface area contributed by atoms with Crippen molar-refractivity contribution in [1.29, 1.82) is 5.26 Å². The largest absolute Gasteiger partial charge is 0.494 e. The SMILES string of the molecule is Cc1c(O)[nH]c(=O)c(C#N)c1C.[NH4+]. The van der Waals surface area contributed by atoms with Crippen LogP contribution >= 0.6 is 0 Å². The molecule has 5 heteroatoms. The summed E-state index contributed by atoms with van der Waals surface area (Å²) in [5.41, 5.74) is 0.577. The number of hydrogen-bond acceptors (Lipinski definition) is 3. The lowest BCUT2D eigenvalue weighted by molar-refractivity contribution is 0.446. The molecule has 13 heavy (non-hydrogen) atoms. The van der Waals surface area contributed by atoms with Crippen molar-refractivity contribution in [2.75, 3.05) is 0 Å². The van der Waals surface area contributed by atoms with Crippen molar-refractivity contribution in [3.05, 3.63) is 27.0 Å². The molecular weight excluding hydrogens is 170 g/mol. The minimum absolute atomic E-state index is 0. The molecule has 70 valence electrons. The fourth-order valence-electron chi connectivity index (χ4n) is 0.934. The Morgan fingerprint density at radius 2 is 1.92 bits per heavy atom. The van der Waals surface area contributed by atoms with Crippen molar-refractivity contribution in [2.24, 2.45) is 0 Å². The lowest BCUT2D eigenvalue weighted by Crippen LogP contribution is -2.12. The van der Waals surface area contributed by atoms with Gasteiger partial charge in [0.05, 0.1) is 0 Å². The fourth-order valence-corrected chi connectivity index (χ4v) is 0.934. The maximum Gasteiger partial charge on any atom is 0.268 e. The Kier molecular flexibility index (Phi) is 3.22. The van der Waals surface area contributed by atoms with Gasteiger partial charge in [0, 0.05) is 5.56 Å². The number of hydrogen-bond donors (Lipinski definition) is 3. The molecule has 0 fully saturated rings. The first-order valence-corrected chi connectivity index (χ1v) is 3.40. The number of rotatable bonds is 0. The highest BCUT2D eigenvalue weighted by Gasteiger charge is 2.09. The van der Waals surface area contributed by atoms with Crippen molar-refractivity contribution in [2.45, 2.75) is 13.8 Å². The first kappa shape index (κ1) is 11.2. The van der Waals surface area contributed by atoms with E-state index in [0.29, 0.717) is 11.1 Å². The average Bonchev–Trinajstić information content (AvgIpc) is 2.01. The van der Waals surface area contributed by atoms with Gasteiger partial charge in [-0.1, -0.05) is 0 Å². The van der Waals surface area contributed by atoms with Gasteiger partial charge in [0.1, 0.15) is 11.6 Å². The van der Waals surface area contributed by atoms with Crippen LogP contribution < -0.4 is 11.7 Å². The van der Waals surface area contributed by atoms with Crippen LogP contribution in [0.5, 0.6) is 5.88 Å². The summed E-state index contributed by atoms with van der Waals surface area (Å²) in [6, 6.07) is 1.78. The van der Waals surface area contributed by atoms with Gasteiger partial charge in [0.2, 0.25) is 0 Å². The molecule has 0 aliphatic carbocycles. The van der Waals surface area contributed by atoms with Gasteiger partial charge in [-0.05, 0) is 19.4 Å². The summed E-state index contributed by atoms with van der Waals surface area (Å²) >= 11 is 0. The van der Waals surface area contributed by atoms with Crippen LogP contribution in [0.25, 0.3) is 0 Å². The Hall–Kier alpha value is -1.80. The molecule has 5 nitrogen and oxygen atoms in total. The summed E-state index contributed by atoms with van der Waals surface area (Å²) in [6.07, 6.45) is 0. The molecule has 6 N–H and O–H groups in total. The number of aromatic amines is 1. The van der Waals surface area contributed by atoms with Crippen LogP contribution in [0, 0.1) is 25.2 Å². The minimum Gasteiger partial charge on any atom is -0.494 e. The highest BCUT2D eigenvalue weighted by molar-refractivity contribution is 5.43. The van der Waals surface area contributed by atoms with E-state index in [2.05, 4.69) is 4.98 Å². The third-order valence-corrected chi connectivity index (χ3v) is 1.86. The van der Waals surface area contributed by atoms with Gasteiger partial charge in [-0.25, -0.2) is 0 Å². The Balaban J connectivity index is 0.00000144. The Labute approximate surface area is 75.2 Å². The molecular formula is C8H12N3O2+. The van der Waals surface area contributed by atoms with Crippen molar-refractivity contribution >= 4 is 0 Å². The van der Waals surface area contributed by atoms with E-state index in [-0.39, 0.29) is 17.6 Å². The summed E-state index contributed by atoms with van der Waals surface area (Å²) in [4.78, 5) is 13.2. The van der Waals surface area contributed by atoms with E-state index in [1.165, 1.54) is 0 Å². The number of nitrogens with one attached hydrogen (secondary N) is 1. The van der Waals surface area contributed by atoms with E-state index in [0.717, 1.165) is 0 Å². The average molecular weight is 182 g/mol. The molecule has 0 bridgehead atoms. The summed E-state index contributed by atoms with van der Waals surface area (Å²) in [6.45, 7) is 3.27. The topological polar surface area (TPSA) is 113 Å². The predicted octanol–water partition coefficient (Wildman–Crippen LogP) is 0.945. The maximum absolute atomic E-state index is 11.0. The highest BCUT2D eigenvalue weighted by Crippen LogP contribution is 2.15. The quantitative estimate of drug-likeness (QED) is 0.554. The molecule has 0 amide bonds. The van der Waals surface area contributed by atoms with Crippen molar-refractivity contribution < 1.29 is 5.11 Å². The summed E-state index contributed by atoms with van der Waals surface area (Å²) in [5, 5.41) is 17.7. The van der Waals surface area contributed by atoms with E-state index >= 15 is 0 Å². The Morgan fingerprint density at radius 1 is 1.38 bits per heavy atom. The number of aromatic hydroxyl groups is 1. The van der Waals surface area contributed by atoms with Crippen molar-refractivity contribution in [3.63, 3.8) is 0 Å². The zero-order valence-electron chi connectivity index (χ0n) is 7.80. The zero-order chi connectivity index (χ0) is 9.30. The number of nitriles is 1. The van der Waals surface area contributed by atoms with E-state index < -0.39 is 5.56 Å². The Bertz CT molecular complexity index is 415. The zero-order valence-corrected chi connectivity index (χ0v) is 7.80. The molecule has 0 radical (unpaired) electrons. The second kappa shape index (κ2) is 3.74. The molecule has 1 aromatic rings. The first-order valence-electron chi connectivity index (χ1n) is 3.40. The Morgan fingerprint density at radius 3 is 2.38 bits per heavy atom. The van der Waals surface area contributed by atoms with Crippen LogP contribution in [0.2, 0.25) is 0 Å². The summed E-state index contributed by atoms with van der Waals surface area (Å²) in [5.74, 6) is -0.170. The standard InChI is InChI=1S/C8H8N2O2.H3N/c1-4-5(2)7(11)10-8(12)6(4)3-9;/h1-2H3,(H2,10,11,12);1H3/p+1. The molecule has 0 aromatic carbocycles. The normalized spacial score (nSPS) is 8.69. The van der Waals surface area contributed by atoms with Gasteiger partial charge in [-0.3, -0.25) is 9.78 Å². The number of aromatic nitrogens is 1. The van der Waals surface area contributed by atoms with Crippen LogP contribution in [-0.2, 0) is 0 Å². The minimum atomic E-state index is -0.543. The van der Waals surface area contributed by atoms with Gasteiger partial charge in [-0.2, -0.15) is 5.26 Å². The number of nitrogens with zero attached hydrogens (tertiary/aromatic N) is 1. The molecule has 1 rings (SSSR count). The van der Waals surface area contributed by atoms with Crippen LogP contribution in [0.1, 0.15) is 16.7 Å². The number of pyridine rings is 1. The van der Waals surface area contributed by atoms with E-state index in [1.54, 1.807) is 19.9 Å². The summed E-state index contributed by atoms with van der Waals surface area (Å²) < 4.78 is 0. The van der Waals surface area contributed by atoms with Crippen LogP contribution in [0.15, 0.2) is 4.79 Å². The number of H-pyrrole nitrogens is 1. The lowest BCUT2D eigenvalue weighted by Gasteiger charge is -2.02. The second-order valence-corrected chi connectivity index (χ2v) is 2.54. The van der Waals surface area contributed by atoms with E-state index in [9.17, 15) is 4.79 Å². The number of quaternary nitrogens is 1. The van der Waals surface area contributed by atoms with Gasteiger partial charge in [0.25, 0.3) is 5.56 Å². The molecule has 0 saturated heterocycles. The molecule has 0 saturated carbocycles. The highest BCUT2D eigenvalue weighted by atomic mass is 16.3. The molecule has 1 aromatic heterocycles. The maximum atomic E-state index is 11.0. The molecule has 0 aliphatic rings. The molecule has 0 atom stereocenters. The molecule has 0 aliphatic heterocycles. The van der Waals surface area contributed by atoms with Gasteiger partial charge in [-0.15, -0.1) is 0 Å². The van der Waals surface area contributed by atoms with Gasteiger partial charge < -0.3 is 11.3 Å². The molecule has 1 heterocycles. The monoisotopic (exact) mass is 182 g/mol. The van der Waals surface area contributed by atoms with Crippen LogP contribution in [0.3, 0.4) is 0 Å². The van der Waals surface area contributed by atoms with Crippen LogP contribution in [-0.4, -0.2) is 10.1 Å². The smallest absolute Gasteiger partial charge is 0.268 e. The van der Waals surface area contributed by atoms with Gasteiger partial charge >= 0.3 is 0 Å². The lowest BCUT2D eigenvalue weighted by atomic mass is 10.1. The molecule has 0 unspecified atom stereocenters. The summed E-state index contributed by atoms with van der Waals surface area (Å²) in [7, 11) is 0. The van der Waals surface area contributed by atoms with Gasteiger partial charge in [0.15, 0.2) is 5.88 Å². The van der Waals surface area contributed by atoms with Crippen LogP contribution in [0.4, 0.5) is 0 Å². The third-order valence-electron chi connectivity index (χ3n) is 1.86. The first-order chi connectivity index (χ1) is 5.57. The third kappa shape index (κ3) is 1.68. The molecule has 0 spiro atoms.